The number of carbonyl (C=O) groups excluding carboxylic acids is 2. The Kier molecular flexibility index (Phi) is 11.0. The summed E-state index contributed by atoms with van der Waals surface area (Å²) in [5.74, 6) is 1.69. The van der Waals surface area contributed by atoms with Crippen LogP contribution in [0.3, 0.4) is 0 Å². The van der Waals surface area contributed by atoms with Gasteiger partial charge in [0.15, 0.2) is 0 Å². The molecule has 0 heterocycles. The molecule has 0 radical (unpaired) electrons. The van der Waals surface area contributed by atoms with Crippen LogP contribution >= 0.6 is 0 Å². The van der Waals surface area contributed by atoms with E-state index in [0.29, 0.717) is 34.1 Å². The number of rotatable bonds is 12. The Morgan fingerprint density at radius 2 is 0.875 bits per heavy atom. The van der Waals surface area contributed by atoms with Crippen LogP contribution in [0.15, 0.2) is 83.0 Å². The van der Waals surface area contributed by atoms with Crippen molar-refractivity contribution in [2.45, 2.75) is 0 Å². The van der Waals surface area contributed by atoms with E-state index >= 15 is 0 Å². The van der Waals surface area contributed by atoms with Crippen LogP contribution < -0.4 is 29.8 Å². The smallest absolute Gasteiger partial charge is 0.264 e. The normalized spacial score (nSPS) is 11.3. The lowest BCUT2D eigenvalue weighted by Crippen LogP contribution is -2.14. The van der Waals surface area contributed by atoms with E-state index in [-0.39, 0.29) is 11.8 Å². The molecule has 2 amide bonds. The zero-order valence-electron chi connectivity index (χ0n) is 22.6. The van der Waals surface area contributed by atoms with E-state index < -0.39 is 0 Å². The topological polar surface area (TPSA) is 120 Å². The van der Waals surface area contributed by atoms with Crippen LogP contribution in [0.5, 0.6) is 23.0 Å². The van der Waals surface area contributed by atoms with Crippen molar-refractivity contribution in [1.82, 2.24) is 10.9 Å². The van der Waals surface area contributed by atoms with Crippen molar-refractivity contribution in [3.8, 4) is 23.0 Å². The molecule has 40 heavy (non-hydrogen) atoms. The maximum Gasteiger partial charge on any atom is 0.264 e. The summed E-state index contributed by atoms with van der Waals surface area (Å²) in [4.78, 5) is 24.2. The Balaban J connectivity index is 1.48. The lowest BCUT2D eigenvalue weighted by atomic mass is 10.1. The quantitative estimate of drug-likeness (QED) is 0.202. The summed E-state index contributed by atoms with van der Waals surface area (Å²) in [5.41, 5.74) is 7.91. The molecule has 0 unspecified atom stereocenters. The lowest BCUT2D eigenvalue weighted by molar-refractivity contribution is -0.117. The van der Waals surface area contributed by atoms with Gasteiger partial charge in [0.25, 0.3) is 11.8 Å². The maximum absolute atomic E-state index is 12.1. The summed E-state index contributed by atoms with van der Waals surface area (Å²) in [7, 11) is 6.23. The average molecular weight is 543 g/mol. The first kappa shape index (κ1) is 29.2. The van der Waals surface area contributed by atoms with Crippen LogP contribution in [0.1, 0.15) is 22.3 Å². The third-order valence-electron chi connectivity index (χ3n) is 5.32. The molecule has 0 aromatic heterocycles. The zero-order chi connectivity index (χ0) is 28.7. The predicted molar refractivity (Wildman–Crippen MR) is 155 cm³/mol. The van der Waals surface area contributed by atoms with E-state index in [9.17, 15) is 9.59 Å². The molecular weight excluding hydrogens is 512 g/mol. The van der Waals surface area contributed by atoms with Crippen molar-refractivity contribution in [2.24, 2.45) is 10.2 Å². The fourth-order valence-corrected chi connectivity index (χ4v) is 3.29. The minimum atomic E-state index is -0.389. The number of amides is 2. The molecule has 3 aromatic carbocycles. The van der Waals surface area contributed by atoms with E-state index in [1.165, 1.54) is 24.6 Å². The summed E-state index contributed by atoms with van der Waals surface area (Å²) in [5, 5.41) is 7.92. The zero-order valence-corrected chi connectivity index (χ0v) is 22.6. The van der Waals surface area contributed by atoms with E-state index in [1.807, 2.05) is 24.3 Å². The monoisotopic (exact) mass is 542 g/mol. The van der Waals surface area contributed by atoms with Gasteiger partial charge >= 0.3 is 0 Å². The number of nitrogens with zero attached hydrogens (tertiary/aromatic N) is 2. The summed E-state index contributed by atoms with van der Waals surface area (Å²) in [6.45, 7) is 0. The van der Waals surface area contributed by atoms with Crippen molar-refractivity contribution < 1.29 is 28.5 Å². The van der Waals surface area contributed by atoms with Crippen molar-refractivity contribution in [3.63, 3.8) is 0 Å². The van der Waals surface area contributed by atoms with Gasteiger partial charge in [0.05, 0.1) is 40.9 Å². The van der Waals surface area contributed by atoms with Gasteiger partial charge in [-0.15, -0.1) is 0 Å². The second-order valence-corrected chi connectivity index (χ2v) is 8.09. The van der Waals surface area contributed by atoms with Gasteiger partial charge in [-0.05, 0) is 47.5 Å². The van der Waals surface area contributed by atoms with Gasteiger partial charge in [-0.2, -0.15) is 10.2 Å². The molecule has 206 valence electrons. The molecule has 10 nitrogen and oxygen atoms in total. The molecule has 0 aliphatic rings. The Hall–Kier alpha value is -5.38. The number of carbonyl (C=O) groups is 2. The minimum absolute atomic E-state index is 0.389. The second kappa shape index (κ2) is 15.1. The third kappa shape index (κ3) is 9.49. The minimum Gasteiger partial charge on any atom is -0.497 e. The SMILES string of the molecule is COc1cc(/C=N/NC(=O)/C=C/c2ccc(/C=C/C(=O)N/N=C/c3cc(OC)cc(OC)c3)cc2)cc(OC)c1. The molecule has 0 atom stereocenters. The van der Waals surface area contributed by atoms with Crippen LogP contribution in [-0.2, 0) is 9.59 Å². The van der Waals surface area contributed by atoms with Gasteiger partial charge in [0.1, 0.15) is 23.0 Å². The van der Waals surface area contributed by atoms with Crippen LogP contribution in [0, 0.1) is 0 Å². The highest BCUT2D eigenvalue weighted by Gasteiger charge is 2.02. The van der Waals surface area contributed by atoms with Gasteiger partial charge in [-0.25, -0.2) is 10.9 Å². The van der Waals surface area contributed by atoms with Gasteiger partial charge in [0, 0.05) is 35.4 Å². The number of methoxy groups -OCH3 is 4. The summed E-state index contributed by atoms with van der Waals surface area (Å²) < 4.78 is 20.9. The maximum atomic E-state index is 12.1. The Morgan fingerprint density at radius 1 is 0.550 bits per heavy atom. The first-order chi connectivity index (χ1) is 19.4. The molecule has 2 N–H and O–H groups in total. The molecule has 0 aliphatic heterocycles. The Labute approximate surface area is 232 Å². The molecule has 0 saturated heterocycles. The summed E-state index contributed by atoms with van der Waals surface area (Å²) in [6, 6.07) is 17.8. The first-order valence-electron chi connectivity index (χ1n) is 12.0. The van der Waals surface area contributed by atoms with Crippen LogP contribution in [0.25, 0.3) is 12.2 Å². The number of hydrogen-bond donors (Lipinski definition) is 2. The van der Waals surface area contributed by atoms with Crippen molar-refractivity contribution in [2.75, 3.05) is 28.4 Å². The summed E-state index contributed by atoms with van der Waals surface area (Å²) in [6.07, 6.45) is 9.05. The molecule has 0 saturated carbocycles. The summed E-state index contributed by atoms with van der Waals surface area (Å²) >= 11 is 0. The molecule has 0 fully saturated rings. The van der Waals surface area contributed by atoms with E-state index in [2.05, 4.69) is 21.1 Å². The number of benzene rings is 3. The standard InChI is InChI=1S/C30H30N4O6/c1-37-25-13-23(14-26(17-25)38-2)19-31-33-29(35)11-9-21-5-7-22(8-6-21)10-12-30(36)34-32-20-24-15-27(39-3)18-28(16-24)40-4/h5-20H,1-4H3,(H,33,35)(H,34,36)/b11-9+,12-10+,31-19+,32-20+. The van der Waals surface area contributed by atoms with Gasteiger partial charge in [-0.1, -0.05) is 24.3 Å². The van der Waals surface area contributed by atoms with Crippen molar-refractivity contribution >= 4 is 36.4 Å². The van der Waals surface area contributed by atoms with Crippen LogP contribution in [0.2, 0.25) is 0 Å². The highest BCUT2D eigenvalue weighted by Crippen LogP contribution is 2.22. The Bertz CT molecular complexity index is 1280. The number of nitrogens with one attached hydrogen (secondary N) is 2. The average Bonchev–Trinajstić information content (AvgIpc) is 2.99. The largest absolute Gasteiger partial charge is 0.497 e. The fraction of sp³-hybridized carbons (Fsp3) is 0.133. The van der Waals surface area contributed by atoms with Gasteiger partial charge in [0.2, 0.25) is 0 Å². The van der Waals surface area contributed by atoms with E-state index in [4.69, 9.17) is 18.9 Å². The fourth-order valence-electron chi connectivity index (χ4n) is 3.29. The first-order valence-corrected chi connectivity index (χ1v) is 12.0. The predicted octanol–water partition coefficient (Wildman–Crippen LogP) is 4.05. The van der Waals surface area contributed by atoms with Crippen molar-refractivity contribution in [1.29, 1.82) is 0 Å². The van der Waals surface area contributed by atoms with Gasteiger partial charge in [-0.3, -0.25) is 9.59 Å². The van der Waals surface area contributed by atoms with Gasteiger partial charge < -0.3 is 18.9 Å². The molecule has 3 aromatic rings. The van der Waals surface area contributed by atoms with Crippen molar-refractivity contribution in [3.05, 3.63) is 95.1 Å². The molecule has 0 bridgehead atoms. The molecule has 0 aliphatic carbocycles. The second-order valence-electron chi connectivity index (χ2n) is 8.09. The number of hydrogen-bond acceptors (Lipinski definition) is 8. The molecular formula is C30H30N4O6. The highest BCUT2D eigenvalue weighted by molar-refractivity contribution is 5.93. The number of ether oxygens (including phenoxy) is 4. The Morgan fingerprint density at radius 3 is 1.18 bits per heavy atom. The van der Waals surface area contributed by atoms with E-state index in [0.717, 1.165) is 11.1 Å². The third-order valence-corrected chi connectivity index (χ3v) is 5.32. The highest BCUT2D eigenvalue weighted by atomic mass is 16.5. The molecule has 0 spiro atoms. The van der Waals surface area contributed by atoms with E-state index in [1.54, 1.807) is 77.0 Å². The molecule has 3 rings (SSSR count). The lowest BCUT2D eigenvalue weighted by Gasteiger charge is -2.05. The number of hydrazone groups is 2. The van der Waals surface area contributed by atoms with Crippen LogP contribution in [0.4, 0.5) is 0 Å². The van der Waals surface area contributed by atoms with Crippen LogP contribution in [-0.4, -0.2) is 52.7 Å². The molecule has 10 heteroatoms.